The first kappa shape index (κ1) is 13.7. The molecule has 1 aromatic carbocycles. The number of anilines is 1. The smallest absolute Gasteiger partial charge is 0.231 e. The van der Waals surface area contributed by atoms with Gasteiger partial charge in [-0.2, -0.15) is 0 Å². The lowest BCUT2D eigenvalue weighted by Gasteiger charge is -2.59. The zero-order valence-corrected chi connectivity index (χ0v) is 13.0. The van der Waals surface area contributed by atoms with Crippen molar-refractivity contribution in [1.82, 2.24) is 0 Å². The lowest BCUT2D eigenvalue weighted by Crippen LogP contribution is -2.59. The van der Waals surface area contributed by atoms with Gasteiger partial charge in [0.05, 0.1) is 11.0 Å². The minimum absolute atomic E-state index is 0.0592. The Morgan fingerprint density at radius 2 is 1.87 bits per heavy atom. The first-order valence-corrected chi connectivity index (χ1v) is 8.47. The van der Waals surface area contributed by atoms with Crippen molar-refractivity contribution in [2.75, 3.05) is 12.1 Å². The summed E-state index contributed by atoms with van der Waals surface area (Å²) in [5.41, 5.74) is -0.270. The van der Waals surface area contributed by atoms with Crippen LogP contribution in [0.3, 0.4) is 0 Å². The van der Waals surface area contributed by atoms with Crippen LogP contribution in [0.25, 0.3) is 0 Å². The molecule has 1 aliphatic heterocycles. The number of hydrogen-bond donors (Lipinski definition) is 2. The van der Waals surface area contributed by atoms with Gasteiger partial charge in [-0.1, -0.05) is 0 Å². The Kier molecular flexibility index (Phi) is 2.62. The third kappa shape index (κ3) is 2.06. The Morgan fingerprint density at radius 3 is 2.61 bits per heavy atom. The van der Waals surface area contributed by atoms with Crippen molar-refractivity contribution in [3.05, 3.63) is 18.2 Å². The fourth-order valence-electron chi connectivity index (χ4n) is 5.72. The van der Waals surface area contributed by atoms with Crippen molar-refractivity contribution in [3.8, 4) is 11.5 Å². The van der Waals surface area contributed by atoms with Gasteiger partial charge in [-0.25, -0.2) is 0 Å². The lowest BCUT2D eigenvalue weighted by molar-refractivity contribution is -0.174. The van der Waals surface area contributed by atoms with Crippen molar-refractivity contribution in [3.63, 3.8) is 0 Å². The molecular weight excluding hydrogens is 294 g/mol. The van der Waals surface area contributed by atoms with Crippen LogP contribution in [0.1, 0.15) is 38.5 Å². The molecule has 4 aliphatic carbocycles. The zero-order valence-electron chi connectivity index (χ0n) is 13.0. The van der Waals surface area contributed by atoms with Crippen LogP contribution >= 0.6 is 0 Å². The maximum atomic E-state index is 13.0. The average Bonchev–Trinajstić information content (AvgIpc) is 2.92. The van der Waals surface area contributed by atoms with Crippen molar-refractivity contribution < 1.29 is 19.4 Å². The van der Waals surface area contributed by atoms with E-state index < -0.39 is 11.0 Å². The first-order valence-electron chi connectivity index (χ1n) is 8.47. The Balaban J connectivity index is 1.40. The molecule has 0 saturated heterocycles. The number of fused-ring (bicyclic) bond motifs is 1. The van der Waals surface area contributed by atoms with Gasteiger partial charge in [-0.15, -0.1) is 0 Å². The summed E-state index contributed by atoms with van der Waals surface area (Å²) in [6.07, 6.45) is 5.39. The van der Waals surface area contributed by atoms with Crippen LogP contribution in [-0.2, 0) is 4.79 Å². The number of aliphatic hydroxyl groups is 1. The standard InChI is InChI=1S/C18H21NO4/c20-16(19-13-1-2-14-15(4-13)23-10-22-14)17-5-11-3-12(6-17)8-18(21,7-11)9-17/h1-2,4,11-12,21H,3,5-10H2,(H,19,20)/t11-,12-,17?,18?/m1/s1. The van der Waals surface area contributed by atoms with Crippen LogP contribution in [0.15, 0.2) is 18.2 Å². The van der Waals surface area contributed by atoms with E-state index in [1.807, 2.05) is 18.2 Å². The van der Waals surface area contributed by atoms with E-state index in [1.165, 1.54) is 6.42 Å². The molecule has 1 heterocycles. The highest BCUT2D eigenvalue weighted by atomic mass is 16.7. The molecule has 23 heavy (non-hydrogen) atoms. The second-order valence-corrected chi connectivity index (χ2v) is 7.99. The van der Waals surface area contributed by atoms with Gasteiger partial charge in [0.2, 0.25) is 12.7 Å². The van der Waals surface area contributed by atoms with Gasteiger partial charge < -0.3 is 19.9 Å². The maximum absolute atomic E-state index is 13.0. The Hall–Kier alpha value is -1.75. The van der Waals surface area contributed by atoms with Crippen molar-refractivity contribution in [2.45, 2.75) is 44.1 Å². The average molecular weight is 315 g/mol. The van der Waals surface area contributed by atoms with E-state index in [4.69, 9.17) is 9.47 Å². The molecule has 0 unspecified atom stereocenters. The number of carbonyl (C=O) groups is 1. The van der Waals surface area contributed by atoms with E-state index in [1.54, 1.807) is 0 Å². The molecule has 6 rings (SSSR count). The second kappa shape index (κ2) is 4.41. The Bertz CT molecular complexity index is 672. The van der Waals surface area contributed by atoms with Crippen LogP contribution in [0.2, 0.25) is 0 Å². The topological polar surface area (TPSA) is 67.8 Å². The molecule has 1 aromatic rings. The van der Waals surface area contributed by atoms with Gasteiger partial charge in [0.25, 0.3) is 0 Å². The molecule has 2 atom stereocenters. The molecule has 5 nitrogen and oxygen atoms in total. The number of carbonyl (C=O) groups excluding carboxylic acids is 1. The summed E-state index contributed by atoms with van der Waals surface area (Å²) in [5.74, 6) is 2.45. The molecule has 0 spiro atoms. The SMILES string of the molecule is O=C(Nc1ccc2c(c1)OCO2)C12C[C@H]3C[C@@H](CC(O)(C3)C1)C2. The molecule has 2 N–H and O–H groups in total. The monoisotopic (exact) mass is 315 g/mol. The van der Waals surface area contributed by atoms with Crippen LogP contribution in [0.4, 0.5) is 5.69 Å². The number of rotatable bonds is 2. The highest BCUT2D eigenvalue weighted by molar-refractivity contribution is 5.96. The summed E-state index contributed by atoms with van der Waals surface area (Å²) < 4.78 is 10.7. The maximum Gasteiger partial charge on any atom is 0.231 e. The van der Waals surface area contributed by atoms with Gasteiger partial charge >= 0.3 is 0 Å². The van der Waals surface area contributed by atoms with E-state index in [9.17, 15) is 9.90 Å². The number of benzene rings is 1. The van der Waals surface area contributed by atoms with E-state index >= 15 is 0 Å². The molecule has 1 amide bonds. The summed E-state index contributed by atoms with van der Waals surface area (Å²) >= 11 is 0. The van der Waals surface area contributed by atoms with Gasteiger partial charge in [-0.05, 0) is 62.5 Å². The molecular formula is C18H21NO4. The van der Waals surface area contributed by atoms with Crippen LogP contribution in [0, 0.1) is 17.3 Å². The largest absolute Gasteiger partial charge is 0.454 e. The molecule has 4 bridgehead atoms. The van der Waals surface area contributed by atoms with Crippen molar-refractivity contribution >= 4 is 11.6 Å². The molecule has 4 saturated carbocycles. The van der Waals surface area contributed by atoms with Crippen LogP contribution in [0.5, 0.6) is 11.5 Å². The molecule has 122 valence electrons. The lowest BCUT2D eigenvalue weighted by atomic mass is 9.47. The fraction of sp³-hybridized carbons (Fsp3) is 0.611. The van der Waals surface area contributed by atoms with E-state index in [0.29, 0.717) is 29.8 Å². The molecule has 4 fully saturated rings. The predicted octanol–water partition coefficient (Wildman–Crippen LogP) is 2.69. The summed E-state index contributed by atoms with van der Waals surface area (Å²) in [7, 11) is 0. The number of hydrogen-bond acceptors (Lipinski definition) is 4. The number of nitrogens with one attached hydrogen (secondary N) is 1. The quantitative estimate of drug-likeness (QED) is 0.880. The molecule has 0 radical (unpaired) electrons. The highest BCUT2D eigenvalue weighted by Gasteiger charge is 2.60. The normalized spacial score (nSPS) is 39.5. The minimum atomic E-state index is -0.615. The summed E-state index contributed by atoms with van der Waals surface area (Å²) in [6, 6.07) is 5.49. The van der Waals surface area contributed by atoms with Crippen LogP contribution in [-0.4, -0.2) is 23.4 Å². The van der Waals surface area contributed by atoms with E-state index in [0.717, 1.165) is 31.4 Å². The summed E-state index contributed by atoms with van der Waals surface area (Å²) in [4.78, 5) is 13.0. The highest BCUT2D eigenvalue weighted by Crippen LogP contribution is 2.61. The zero-order chi connectivity index (χ0) is 15.7. The minimum Gasteiger partial charge on any atom is -0.454 e. The first-order chi connectivity index (χ1) is 11.0. The Labute approximate surface area is 135 Å². The van der Waals surface area contributed by atoms with Crippen LogP contribution < -0.4 is 14.8 Å². The predicted molar refractivity (Wildman–Crippen MR) is 83.3 cm³/mol. The summed E-state index contributed by atoms with van der Waals surface area (Å²) in [5, 5.41) is 13.9. The Morgan fingerprint density at radius 1 is 1.13 bits per heavy atom. The number of amides is 1. The number of ether oxygens (including phenoxy) is 2. The molecule has 5 heteroatoms. The molecule has 0 aromatic heterocycles. The van der Waals surface area contributed by atoms with Crippen molar-refractivity contribution in [2.24, 2.45) is 17.3 Å². The summed E-state index contributed by atoms with van der Waals surface area (Å²) in [6.45, 7) is 0.229. The van der Waals surface area contributed by atoms with Gasteiger partial charge in [-0.3, -0.25) is 4.79 Å². The third-order valence-electron chi connectivity index (χ3n) is 6.14. The molecule has 5 aliphatic rings. The van der Waals surface area contributed by atoms with E-state index in [2.05, 4.69) is 5.32 Å². The third-order valence-corrected chi connectivity index (χ3v) is 6.14. The van der Waals surface area contributed by atoms with Gasteiger partial charge in [0.15, 0.2) is 11.5 Å². The van der Waals surface area contributed by atoms with E-state index in [-0.39, 0.29) is 12.7 Å². The fourth-order valence-corrected chi connectivity index (χ4v) is 5.72. The van der Waals surface area contributed by atoms with Gasteiger partial charge in [0, 0.05) is 11.8 Å². The second-order valence-electron chi connectivity index (χ2n) is 7.99. The van der Waals surface area contributed by atoms with Gasteiger partial charge in [0.1, 0.15) is 0 Å². The van der Waals surface area contributed by atoms with Crippen molar-refractivity contribution in [1.29, 1.82) is 0 Å².